The van der Waals surface area contributed by atoms with Crippen molar-refractivity contribution in [2.45, 2.75) is 56.8 Å². The Morgan fingerprint density at radius 3 is 2.29 bits per heavy atom. The number of hydrogen-bond donors (Lipinski definition) is 1. The van der Waals surface area contributed by atoms with Gasteiger partial charge < -0.3 is 10.2 Å². The zero-order valence-corrected chi connectivity index (χ0v) is 20.6. The fourth-order valence-electron chi connectivity index (χ4n) is 4.11. The summed E-state index contributed by atoms with van der Waals surface area (Å²) in [5.41, 5.74) is 1.65. The van der Waals surface area contributed by atoms with E-state index in [-0.39, 0.29) is 35.1 Å². The van der Waals surface area contributed by atoms with Crippen LogP contribution in [-0.4, -0.2) is 51.7 Å². The van der Waals surface area contributed by atoms with Crippen molar-refractivity contribution in [1.82, 2.24) is 10.2 Å². The van der Waals surface area contributed by atoms with Crippen LogP contribution in [0, 0.1) is 5.41 Å². The number of likely N-dealkylation sites (tertiary alicyclic amines) is 1. The number of rotatable bonds is 4. The van der Waals surface area contributed by atoms with E-state index in [1.54, 1.807) is 19.2 Å². The van der Waals surface area contributed by atoms with Crippen LogP contribution >= 0.6 is 24.0 Å². The van der Waals surface area contributed by atoms with Gasteiger partial charge in [0.15, 0.2) is 15.8 Å². The number of aliphatic imine (C=N–C) groups is 1. The zero-order chi connectivity index (χ0) is 19.7. The summed E-state index contributed by atoms with van der Waals surface area (Å²) < 4.78 is 25.3. The van der Waals surface area contributed by atoms with Gasteiger partial charge in [0.25, 0.3) is 0 Å². The largest absolute Gasteiger partial charge is 0.355 e. The van der Waals surface area contributed by atoms with Gasteiger partial charge in [-0.25, -0.2) is 8.42 Å². The maximum absolute atomic E-state index is 12.6. The lowest BCUT2D eigenvalue weighted by Gasteiger charge is -2.38. The first kappa shape index (κ1) is 23.4. The maximum Gasteiger partial charge on any atom is 0.193 e. The molecule has 0 radical (unpaired) electrons. The van der Waals surface area contributed by atoms with Gasteiger partial charge >= 0.3 is 0 Å². The SMILES string of the molecule is CN=C(NCCS(=O)(=O)c1ccc(C(C)(C)C)cc1)N1CCC2(CCC2)C1.I. The summed E-state index contributed by atoms with van der Waals surface area (Å²) in [4.78, 5) is 7.03. The molecule has 0 amide bonds. The lowest BCUT2D eigenvalue weighted by Crippen LogP contribution is -2.43. The van der Waals surface area contributed by atoms with Crippen LogP contribution < -0.4 is 5.32 Å². The van der Waals surface area contributed by atoms with E-state index >= 15 is 0 Å². The molecule has 1 saturated heterocycles. The predicted molar refractivity (Wildman–Crippen MR) is 126 cm³/mol. The van der Waals surface area contributed by atoms with Crippen LogP contribution in [0.25, 0.3) is 0 Å². The Balaban J connectivity index is 0.00000280. The lowest BCUT2D eigenvalue weighted by molar-refractivity contribution is 0.151. The Labute approximate surface area is 187 Å². The highest BCUT2D eigenvalue weighted by atomic mass is 127. The molecule has 0 aromatic heterocycles. The highest BCUT2D eigenvalue weighted by Crippen LogP contribution is 2.47. The molecule has 2 fully saturated rings. The Morgan fingerprint density at radius 1 is 1.18 bits per heavy atom. The normalized spacial score (nSPS) is 19.3. The minimum Gasteiger partial charge on any atom is -0.355 e. The summed E-state index contributed by atoms with van der Waals surface area (Å²) in [5, 5.41) is 3.26. The van der Waals surface area contributed by atoms with E-state index in [2.05, 4.69) is 36.0 Å². The van der Waals surface area contributed by atoms with Gasteiger partial charge in [-0.05, 0) is 47.8 Å². The second-order valence-electron chi connectivity index (χ2n) is 9.09. The molecule has 7 heteroatoms. The maximum atomic E-state index is 12.6. The van der Waals surface area contributed by atoms with Crippen LogP contribution in [0.3, 0.4) is 0 Å². The Bertz CT molecular complexity index is 794. The van der Waals surface area contributed by atoms with Crippen molar-refractivity contribution >= 4 is 39.8 Å². The third-order valence-electron chi connectivity index (χ3n) is 6.10. The van der Waals surface area contributed by atoms with Gasteiger partial charge in [0.05, 0.1) is 10.6 Å². The van der Waals surface area contributed by atoms with E-state index in [0.717, 1.165) is 24.6 Å². The van der Waals surface area contributed by atoms with Gasteiger partial charge in [-0.15, -0.1) is 24.0 Å². The van der Waals surface area contributed by atoms with Crippen LogP contribution in [0.5, 0.6) is 0 Å². The number of halogens is 1. The average molecular weight is 519 g/mol. The van der Waals surface area contributed by atoms with Crippen molar-refractivity contribution in [1.29, 1.82) is 0 Å². The molecular weight excluding hydrogens is 485 g/mol. The van der Waals surface area contributed by atoms with Crippen LogP contribution in [-0.2, 0) is 15.3 Å². The molecule has 1 aliphatic carbocycles. The van der Waals surface area contributed by atoms with Crippen molar-refractivity contribution in [2.24, 2.45) is 10.4 Å². The fourth-order valence-corrected chi connectivity index (χ4v) is 5.27. The molecule has 0 unspecified atom stereocenters. The quantitative estimate of drug-likeness (QED) is 0.373. The summed E-state index contributed by atoms with van der Waals surface area (Å²) in [6, 6.07) is 7.29. The van der Waals surface area contributed by atoms with Gasteiger partial charge in [-0.3, -0.25) is 4.99 Å². The first-order valence-corrected chi connectivity index (χ1v) is 11.6. The molecule has 28 heavy (non-hydrogen) atoms. The predicted octanol–water partition coefficient (Wildman–Crippen LogP) is 3.83. The van der Waals surface area contributed by atoms with Crippen molar-refractivity contribution in [2.75, 3.05) is 32.4 Å². The molecule has 1 heterocycles. The number of guanidine groups is 1. The van der Waals surface area contributed by atoms with Gasteiger partial charge in [-0.2, -0.15) is 0 Å². The topological polar surface area (TPSA) is 61.8 Å². The molecule has 1 aromatic carbocycles. The number of nitrogens with zero attached hydrogens (tertiary/aromatic N) is 2. The van der Waals surface area contributed by atoms with E-state index in [1.807, 2.05) is 12.1 Å². The summed E-state index contributed by atoms with van der Waals surface area (Å²) in [5.74, 6) is 0.900. The first-order chi connectivity index (χ1) is 12.7. The molecule has 1 spiro atoms. The minimum atomic E-state index is -3.30. The highest BCUT2D eigenvalue weighted by molar-refractivity contribution is 14.0. The van der Waals surface area contributed by atoms with Crippen LogP contribution in [0.4, 0.5) is 0 Å². The van der Waals surface area contributed by atoms with Gasteiger partial charge in [0, 0.05) is 26.7 Å². The smallest absolute Gasteiger partial charge is 0.193 e. The summed E-state index contributed by atoms with van der Waals surface area (Å²) >= 11 is 0. The fraction of sp³-hybridized carbons (Fsp3) is 0.667. The number of hydrogen-bond acceptors (Lipinski definition) is 3. The Kier molecular flexibility index (Phi) is 7.45. The summed E-state index contributed by atoms with van der Waals surface area (Å²) in [6.07, 6.45) is 5.21. The Morgan fingerprint density at radius 2 is 1.82 bits per heavy atom. The second kappa shape index (κ2) is 8.90. The molecule has 0 atom stereocenters. The minimum absolute atomic E-state index is 0. The molecule has 5 nitrogen and oxygen atoms in total. The highest BCUT2D eigenvalue weighted by Gasteiger charge is 2.43. The molecule has 158 valence electrons. The summed E-state index contributed by atoms with van der Waals surface area (Å²) in [7, 11) is -1.53. The third kappa shape index (κ3) is 5.20. The first-order valence-electron chi connectivity index (χ1n) is 9.94. The van der Waals surface area contributed by atoms with Crippen LogP contribution in [0.15, 0.2) is 34.2 Å². The van der Waals surface area contributed by atoms with E-state index in [1.165, 1.54) is 25.7 Å². The lowest BCUT2D eigenvalue weighted by atomic mass is 9.68. The average Bonchev–Trinajstić information content (AvgIpc) is 3.04. The van der Waals surface area contributed by atoms with Crippen molar-refractivity contribution in [3.63, 3.8) is 0 Å². The molecule has 1 aromatic rings. The monoisotopic (exact) mass is 519 g/mol. The number of sulfone groups is 1. The van der Waals surface area contributed by atoms with Crippen molar-refractivity contribution < 1.29 is 8.42 Å². The summed E-state index contributed by atoms with van der Waals surface area (Å²) in [6.45, 7) is 8.81. The van der Waals surface area contributed by atoms with E-state index in [4.69, 9.17) is 0 Å². The van der Waals surface area contributed by atoms with Crippen molar-refractivity contribution in [3.8, 4) is 0 Å². The number of nitrogens with one attached hydrogen (secondary N) is 1. The van der Waals surface area contributed by atoms with Crippen molar-refractivity contribution in [3.05, 3.63) is 29.8 Å². The third-order valence-corrected chi connectivity index (χ3v) is 7.83. The molecular formula is C21H34IN3O2S. The van der Waals surface area contributed by atoms with Crippen LogP contribution in [0.2, 0.25) is 0 Å². The Hall–Kier alpha value is -0.830. The van der Waals surface area contributed by atoms with E-state index in [9.17, 15) is 8.42 Å². The van der Waals surface area contributed by atoms with Crippen LogP contribution in [0.1, 0.15) is 52.0 Å². The standard InChI is InChI=1S/C21H33N3O2S.HI/c1-20(2,3)17-6-8-18(9-7-17)27(25,26)15-13-23-19(22-4)24-14-12-21(16-24)10-5-11-21;/h6-9H,5,10-16H2,1-4H3,(H,22,23);1H. The zero-order valence-electron chi connectivity index (χ0n) is 17.5. The van der Waals surface area contributed by atoms with E-state index < -0.39 is 9.84 Å². The van der Waals surface area contributed by atoms with Gasteiger partial charge in [-0.1, -0.05) is 39.3 Å². The van der Waals surface area contributed by atoms with E-state index in [0.29, 0.717) is 16.9 Å². The molecule has 0 bridgehead atoms. The molecule has 2 aliphatic rings. The molecule has 1 N–H and O–H groups in total. The second-order valence-corrected chi connectivity index (χ2v) is 11.2. The van der Waals surface area contributed by atoms with Gasteiger partial charge in [0.2, 0.25) is 0 Å². The number of benzene rings is 1. The molecule has 3 rings (SSSR count). The van der Waals surface area contributed by atoms with Gasteiger partial charge in [0.1, 0.15) is 0 Å². The molecule has 1 aliphatic heterocycles. The molecule has 1 saturated carbocycles.